The predicted octanol–water partition coefficient (Wildman–Crippen LogP) is 3.01. The Bertz CT molecular complexity index is 444. The number of carboxylic acid groups (broad SMARTS) is 1. The van der Waals surface area contributed by atoms with Gasteiger partial charge in [-0.05, 0) is 44.1 Å². The van der Waals surface area contributed by atoms with E-state index in [4.69, 9.17) is 9.84 Å². The molecule has 4 nitrogen and oxygen atoms in total. The van der Waals surface area contributed by atoms with Crippen molar-refractivity contribution in [3.05, 3.63) is 28.2 Å². The summed E-state index contributed by atoms with van der Waals surface area (Å²) in [5.74, 6) is -0.342. The predicted molar refractivity (Wildman–Crippen MR) is 76.9 cm³/mol. The van der Waals surface area contributed by atoms with Crippen LogP contribution in [0.4, 0.5) is 0 Å². The van der Waals surface area contributed by atoms with Crippen LogP contribution in [0.2, 0.25) is 0 Å². The van der Waals surface area contributed by atoms with Crippen molar-refractivity contribution in [3.8, 4) is 5.75 Å². The van der Waals surface area contributed by atoms with E-state index in [0.717, 1.165) is 24.1 Å². The van der Waals surface area contributed by atoms with Gasteiger partial charge in [0.1, 0.15) is 12.4 Å². The van der Waals surface area contributed by atoms with E-state index in [0.29, 0.717) is 12.4 Å². The zero-order chi connectivity index (χ0) is 13.7. The van der Waals surface area contributed by atoms with E-state index in [-0.39, 0.29) is 5.56 Å². The highest BCUT2D eigenvalue weighted by atomic mass is 79.9. The molecule has 1 aliphatic heterocycles. The zero-order valence-electron chi connectivity index (χ0n) is 10.8. The van der Waals surface area contributed by atoms with Crippen LogP contribution in [0.1, 0.15) is 29.6 Å². The van der Waals surface area contributed by atoms with Gasteiger partial charge in [0.2, 0.25) is 0 Å². The average Bonchev–Trinajstić information content (AvgIpc) is 2.39. The van der Waals surface area contributed by atoms with Gasteiger partial charge in [-0.3, -0.25) is 4.90 Å². The van der Waals surface area contributed by atoms with Gasteiger partial charge in [-0.25, -0.2) is 4.79 Å². The number of carbonyl (C=O) groups is 1. The van der Waals surface area contributed by atoms with Crippen molar-refractivity contribution < 1.29 is 14.6 Å². The van der Waals surface area contributed by atoms with Crippen LogP contribution < -0.4 is 4.74 Å². The van der Waals surface area contributed by atoms with Crippen molar-refractivity contribution in [3.63, 3.8) is 0 Å². The number of hydrogen-bond acceptors (Lipinski definition) is 3. The lowest BCUT2D eigenvalue weighted by atomic mass is 10.1. The van der Waals surface area contributed by atoms with Crippen LogP contribution in [0, 0.1) is 0 Å². The van der Waals surface area contributed by atoms with Crippen molar-refractivity contribution in [1.29, 1.82) is 0 Å². The molecule has 1 aliphatic rings. The summed E-state index contributed by atoms with van der Waals surface area (Å²) in [5.41, 5.74) is 0.238. The lowest BCUT2D eigenvalue weighted by Crippen LogP contribution is -2.33. The lowest BCUT2D eigenvalue weighted by molar-refractivity contribution is 0.0696. The second kappa shape index (κ2) is 6.91. The van der Waals surface area contributed by atoms with Crippen LogP contribution in [0.5, 0.6) is 5.75 Å². The minimum atomic E-state index is -0.942. The molecule has 0 bridgehead atoms. The first-order valence-corrected chi connectivity index (χ1v) is 7.33. The van der Waals surface area contributed by atoms with Crippen molar-refractivity contribution in [2.24, 2.45) is 0 Å². The Balaban J connectivity index is 1.86. The Hall–Kier alpha value is -1.07. The first-order valence-electron chi connectivity index (χ1n) is 6.54. The second-order valence-electron chi connectivity index (χ2n) is 4.73. The van der Waals surface area contributed by atoms with Gasteiger partial charge in [0.05, 0.1) is 5.56 Å². The molecule has 104 valence electrons. The average molecular weight is 328 g/mol. The minimum absolute atomic E-state index is 0.238. The van der Waals surface area contributed by atoms with Crippen molar-refractivity contribution >= 4 is 21.9 Å². The monoisotopic (exact) mass is 327 g/mol. The summed E-state index contributed by atoms with van der Waals surface area (Å²) in [5, 5.41) is 8.98. The fourth-order valence-corrected chi connectivity index (χ4v) is 2.72. The number of piperidine rings is 1. The number of aromatic carboxylic acids is 1. The molecule has 1 N–H and O–H groups in total. The number of hydrogen-bond donors (Lipinski definition) is 1. The molecule has 0 radical (unpaired) electrons. The maximum absolute atomic E-state index is 10.9. The Morgan fingerprint density at radius 2 is 2.00 bits per heavy atom. The summed E-state index contributed by atoms with van der Waals surface area (Å²) in [6.07, 6.45) is 3.85. The van der Waals surface area contributed by atoms with Gasteiger partial charge in [-0.2, -0.15) is 0 Å². The SMILES string of the molecule is O=C(O)c1cc(Br)cc(OCCN2CCCCC2)c1. The molecule has 0 saturated carbocycles. The van der Waals surface area contributed by atoms with E-state index in [1.54, 1.807) is 18.2 Å². The van der Waals surface area contributed by atoms with Crippen LogP contribution >= 0.6 is 15.9 Å². The number of ether oxygens (including phenoxy) is 1. The van der Waals surface area contributed by atoms with Crippen molar-refractivity contribution in [2.75, 3.05) is 26.2 Å². The molecule has 2 rings (SSSR count). The fourth-order valence-electron chi connectivity index (χ4n) is 2.25. The van der Waals surface area contributed by atoms with Gasteiger partial charge in [-0.1, -0.05) is 22.4 Å². The molecule has 1 aromatic carbocycles. The standard InChI is InChI=1S/C14H18BrNO3/c15-12-8-11(14(17)18)9-13(10-12)19-7-6-16-4-2-1-3-5-16/h8-10H,1-7H2,(H,17,18). The van der Waals surface area contributed by atoms with Crippen LogP contribution in [0.15, 0.2) is 22.7 Å². The fraction of sp³-hybridized carbons (Fsp3) is 0.500. The highest BCUT2D eigenvalue weighted by Crippen LogP contribution is 2.21. The first kappa shape index (κ1) is 14.3. The summed E-state index contributed by atoms with van der Waals surface area (Å²) in [4.78, 5) is 13.3. The van der Waals surface area contributed by atoms with Gasteiger partial charge in [-0.15, -0.1) is 0 Å². The van der Waals surface area contributed by atoms with Crippen LogP contribution in [-0.2, 0) is 0 Å². The van der Waals surface area contributed by atoms with Crippen molar-refractivity contribution in [2.45, 2.75) is 19.3 Å². The topological polar surface area (TPSA) is 49.8 Å². The maximum Gasteiger partial charge on any atom is 0.335 e. The normalized spacial score (nSPS) is 16.3. The summed E-state index contributed by atoms with van der Waals surface area (Å²) >= 11 is 3.30. The summed E-state index contributed by atoms with van der Waals surface area (Å²) < 4.78 is 6.37. The summed E-state index contributed by atoms with van der Waals surface area (Å²) in [6.45, 7) is 3.77. The lowest BCUT2D eigenvalue weighted by Gasteiger charge is -2.26. The first-order chi connectivity index (χ1) is 9.15. The number of nitrogens with zero attached hydrogens (tertiary/aromatic N) is 1. The highest BCUT2D eigenvalue weighted by Gasteiger charge is 2.10. The van der Waals surface area contributed by atoms with Gasteiger partial charge in [0, 0.05) is 11.0 Å². The molecule has 0 unspecified atom stereocenters. The smallest absolute Gasteiger partial charge is 0.335 e. The zero-order valence-corrected chi connectivity index (χ0v) is 12.4. The van der Waals surface area contributed by atoms with Crippen LogP contribution in [-0.4, -0.2) is 42.2 Å². The van der Waals surface area contributed by atoms with Crippen molar-refractivity contribution in [1.82, 2.24) is 4.90 Å². The van der Waals surface area contributed by atoms with Gasteiger partial charge < -0.3 is 9.84 Å². The molecule has 1 saturated heterocycles. The van der Waals surface area contributed by atoms with E-state index < -0.39 is 5.97 Å². The third-order valence-corrected chi connectivity index (χ3v) is 3.70. The number of likely N-dealkylation sites (tertiary alicyclic amines) is 1. The molecule has 1 aromatic rings. The minimum Gasteiger partial charge on any atom is -0.492 e. The maximum atomic E-state index is 10.9. The molecule has 1 heterocycles. The van der Waals surface area contributed by atoms with E-state index in [1.807, 2.05) is 0 Å². The Morgan fingerprint density at radius 1 is 1.26 bits per heavy atom. The number of benzene rings is 1. The quantitative estimate of drug-likeness (QED) is 0.903. The van der Waals surface area contributed by atoms with Gasteiger partial charge in [0.15, 0.2) is 0 Å². The summed E-state index contributed by atoms with van der Waals surface area (Å²) in [6, 6.07) is 4.92. The Labute approximate surface area is 121 Å². The third kappa shape index (κ3) is 4.51. The van der Waals surface area contributed by atoms with E-state index in [2.05, 4.69) is 20.8 Å². The molecular weight excluding hydrogens is 310 g/mol. The van der Waals surface area contributed by atoms with E-state index in [1.165, 1.54) is 19.3 Å². The molecular formula is C14H18BrNO3. The Kier molecular flexibility index (Phi) is 5.22. The molecule has 0 aliphatic carbocycles. The number of carboxylic acids is 1. The van der Waals surface area contributed by atoms with Crippen LogP contribution in [0.3, 0.4) is 0 Å². The highest BCUT2D eigenvalue weighted by molar-refractivity contribution is 9.10. The van der Waals surface area contributed by atoms with E-state index in [9.17, 15) is 4.79 Å². The number of rotatable bonds is 5. The molecule has 0 spiro atoms. The molecule has 5 heteroatoms. The van der Waals surface area contributed by atoms with Crippen LogP contribution in [0.25, 0.3) is 0 Å². The Morgan fingerprint density at radius 3 is 2.68 bits per heavy atom. The molecule has 0 atom stereocenters. The van der Waals surface area contributed by atoms with Gasteiger partial charge in [0.25, 0.3) is 0 Å². The van der Waals surface area contributed by atoms with E-state index >= 15 is 0 Å². The third-order valence-electron chi connectivity index (χ3n) is 3.24. The van der Waals surface area contributed by atoms with Gasteiger partial charge >= 0.3 is 5.97 Å². The largest absolute Gasteiger partial charge is 0.492 e. The summed E-state index contributed by atoms with van der Waals surface area (Å²) in [7, 11) is 0. The molecule has 0 aromatic heterocycles. The molecule has 1 fully saturated rings. The number of halogens is 1. The molecule has 19 heavy (non-hydrogen) atoms. The molecule has 0 amide bonds. The second-order valence-corrected chi connectivity index (χ2v) is 5.65.